The molecule has 0 aliphatic carbocycles. The first-order valence-electron chi connectivity index (χ1n) is 6.47. The molecule has 2 rings (SSSR count). The van der Waals surface area contributed by atoms with Gasteiger partial charge in [-0.25, -0.2) is 4.79 Å². The number of hydrogen-bond donors (Lipinski definition) is 3. The topological polar surface area (TPSA) is 105 Å². The summed E-state index contributed by atoms with van der Waals surface area (Å²) in [5, 5.41) is 29.3. The lowest BCUT2D eigenvalue weighted by atomic mass is 9.99. The Labute approximate surface area is 121 Å². The van der Waals surface area contributed by atoms with Crippen molar-refractivity contribution in [2.45, 2.75) is 37.3 Å². The SMILES string of the molecule is COC(=O)[C@H]1O[C@H](OCc2ccccc2)[C@H](O)[C@@H](O)[C@@H]1O. The minimum absolute atomic E-state index is 0.124. The quantitative estimate of drug-likeness (QED) is 0.624. The van der Waals surface area contributed by atoms with Crippen LogP contribution in [0.15, 0.2) is 30.3 Å². The number of carbonyl (C=O) groups excluding carboxylic acids is 1. The molecule has 5 atom stereocenters. The van der Waals surface area contributed by atoms with E-state index in [0.717, 1.165) is 12.7 Å². The first-order valence-corrected chi connectivity index (χ1v) is 6.47. The van der Waals surface area contributed by atoms with E-state index in [0.29, 0.717) is 0 Å². The van der Waals surface area contributed by atoms with Crippen molar-refractivity contribution in [3.8, 4) is 0 Å². The number of methoxy groups -OCH3 is 1. The third kappa shape index (κ3) is 3.58. The van der Waals surface area contributed by atoms with Gasteiger partial charge in [0.1, 0.15) is 18.3 Å². The molecule has 1 aliphatic rings. The van der Waals surface area contributed by atoms with Crippen LogP contribution in [-0.2, 0) is 25.6 Å². The highest BCUT2D eigenvalue weighted by molar-refractivity contribution is 5.75. The van der Waals surface area contributed by atoms with Gasteiger partial charge in [-0.3, -0.25) is 0 Å². The van der Waals surface area contributed by atoms with E-state index in [-0.39, 0.29) is 6.61 Å². The summed E-state index contributed by atoms with van der Waals surface area (Å²) in [5.74, 6) is -0.846. The van der Waals surface area contributed by atoms with Crippen LogP contribution in [0.3, 0.4) is 0 Å². The highest BCUT2D eigenvalue weighted by Crippen LogP contribution is 2.23. The van der Waals surface area contributed by atoms with Crippen LogP contribution in [0.2, 0.25) is 0 Å². The number of benzene rings is 1. The van der Waals surface area contributed by atoms with Gasteiger partial charge in [-0.1, -0.05) is 30.3 Å². The van der Waals surface area contributed by atoms with Crippen LogP contribution in [0.5, 0.6) is 0 Å². The summed E-state index contributed by atoms with van der Waals surface area (Å²) < 4.78 is 15.1. The van der Waals surface area contributed by atoms with E-state index in [1.807, 2.05) is 30.3 Å². The lowest BCUT2D eigenvalue weighted by Crippen LogP contribution is -2.60. The number of aliphatic hydroxyl groups is 3. The summed E-state index contributed by atoms with van der Waals surface area (Å²) in [4.78, 5) is 11.5. The standard InChI is InChI=1S/C14H18O7/c1-19-13(18)12-10(16)9(15)11(17)14(21-12)20-7-8-5-3-2-4-6-8/h2-6,9-12,14-17H,7H2,1H3/t9-,10-,11+,12-,14-/m0/s1. The van der Waals surface area contributed by atoms with E-state index >= 15 is 0 Å². The molecule has 1 aromatic carbocycles. The molecule has 1 heterocycles. The first kappa shape index (κ1) is 15.9. The molecule has 7 heteroatoms. The van der Waals surface area contributed by atoms with Gasteiger partial charge in [0.05, 0.1) is 13.7 Å². The second kappa shape index (κ2) is 6.97. The molecule has 0 spiro atoms. The molecule has 1 aromatic rings. The minimum Gasteiger partial charge on any atom is -0.467 e. The highest BCUT2D eigenvalue weighted by atomic mass is 16.7. The first-order chi connectivity index (χ1) is 10.0. The number of carbonyl (C=O) groups is 1. The average molecular weight is 298 g/mol. The summed E-state index contributed by atoms with van der Waals surface area (Å²) in [5.41, 5.74) is 0.837. The third-order valence-electron chi connectivity index (χ3n) is 3.26. The van der Waals surface area contributed by atoms with Crippen LogP contribution in [0.25, 0.3) is 0 Å². The molecule has 0 bridgehead atoms. The normalized spacial score (nSPS) is 32.7. The van der Waals surface area contributed by atoms with Gasteiger partial charge in [0.25, 0.3) is 0 Å². The molecule has 3 N–H and O–H groups in total. The van der Waals surface area contributed by atoms with Crippen molar-refractivity contribution in [2.24, 2.45) is 0 Å². The Kier molecular flexibility index (Phi) is 5.27. The number of rotatable bonds is 4. The maximum atomic E-state index is 11.5. The molecule has 1 aliphatic heterocycles. The van der Waals surface area contributed by atoms with Crippen molar-refractivity contribution in [3.63, 3.8) is 0 Å². The fourth-order valence-corrected chi connectivity index (χ4v) is 2.05. The average Bonchev–Trinajstić information content (AvgIpc) is 2.52. The molecule has 0 radical (unpaired) electrons. The van der Waals surface area contributed by atoms with Gasteiger partial charge in [0.2, 0.25) is 0 Å². The van der Waals surface area contributed by atoms with Gasteiger partial charge >= 0.3 is 5.97 Å². The van der Waals surface area contributed by atoms with E-state index in [9.17, 15) is 20.1 Å². The Morgan fingerprint density at radius 3 is 2.43 bits per heavy atom. The van der Waals surface area contributed by atoms with Crippen molar-refractivity contribution in [2.75, 3.05) is 7.11 Å². The van der Waals surface area contributed by atoms with Crippen molar-refractivity contribution < 1.29 is 34.3 Å². The Morgan fingerprint density at radius 1 is 1.14 bits per heavy atom. The molecule has 116 valence electrons. The largest absolute Gasteiger partial charge is 0.467 e. The smallest absolute Gasteiger partial charge is 0.337 e. The van der Waals surface area contributed by atoms with Crippen molar-refractivity contribution in [1.82, 2.24) is 0 Å². The predicted octanol–water partition coefficient (Wildman–Crippen LogP) is -0.816. The number of aliphatic hydroxyl groups excluding tert-OH is 3. The maximum absolute atomic E-state index is 11.5. The molecule has 1 saturated heterocycles. The monoisotopic (exact) mass is 298 g/mol. The van der Waals surface area contributed by atoms with Crippen LogP contribution in [0, 0.1) is 0 Å². The van der Waals surface area contributed by atoms with Crippen LogP contribution < -0.4 is 0 Å². The van der Waals surface area contributed by atoms with Gasteiger partial charge in [-0.05, 0) is 5.56 Å². The summed E-state index contributed by atoms with van der Waals surface area (Å²) in [6.07, 6.45) is -7.26. The molecule has 0 aromatic heterocycles. The Bertz CT molecular complexity index is 464. The highest BCUT2D eigenvalue weighted by Gasteiger charge is 2.47. The van der Waals surface area contributed by atoms with Gasteiger partial charge < -0.3 is 29.5 Å². The molecule has 0 amide bonds. The summed E-state index contributed by atoms with van der Waals surface area (Å²) in [6.45, 7) is 0.124. The summed E-state index contributed by atoms with van der Waals surface area (Å²) >= 11 is 0. The zero-order valence-corrected chi connectivity index (χ0v) is 11.5. The minimum atomic E-state index is -1.58. The van der Waals surface area contributed by atoms with E-state index < -0.39 is 36.7 Å². The molecule has 7 nitrogen and oxygen atoms in total. The van der Waals surface area contributed by atoms with Crippen LogP contribution in [-0.4, -0.2) is 59.1 Å². The van der Waals surface area contributed by atoms with Crippen molar-refractivity contribution >= 4 is 5.97 Å². The summed E-state index contributed by atoms with van der Waals surface area (Å²) in [6, 6.07) is 9.14. The Balaban J connectivity index is 2.02. The fraction of sp³-hybridized carbons (Fsp3) is 0.500. The fourth-order valence-electron chi connectivity index (χ4n) is 2.05. The molecule has 0 unspecified atom stereocenters. The van der Waals surface area contributed by atoms with Crippen molar-refractivity contribution in [1.29, 1.82) is 0 Å². The van der Waals surface area contributed by atoms with Gasteiger partial charge in [-0.15, -0.1) is 0 Å². The third-order valence-corrected chi connectivity index (χ3v) is 3.26. The summed E-state index contributed by atoms with van der Waals surface area (Å²) in [7, 11) is 1.13. The van der Waals surface area contributed by atoms with Crippen LogP contribution in [0.4, 0.5) is 0 Å². The number of hydrogen-bond acceptors (Lipinski definition) is 7. The van der Waals surface area contributed by atoms with Gasteiger partial charge in [0, 0.05) is 0 Å². The number of esters is 1. The van der Waals surface area contributed by atoms with E-state index in [1.165, 1.54) is 0 Å². The maximum Gasteiger partial charge on any atom is 0.337 e. The second-order valence-electron chi connectivity index (χ2n) is 4.72. The zero-order valence-electron chi connectivity index (χ0n) is 11.5. The lowest BCUT2D eigenvalue weighted by Gasteiger charge is -2.38. The van der Waals surface area contributed by atoms with Gasteiger partial charge in [0.15, 0.2) is 12.4 Å². The van der Waals surface area contributed by atoms with E-state index in [2.05, 4.69) is 4.74 Å². The molecule has 0 saturated carbocycles. The van der Waals surface area contributed by atoms with Crippen LogP contribution in [0.1, 0.15) is 5.56 Å². The lowest BCUT2D eigenvalue weighted by molar-refractivity contribution is -0.297. The van der Waals surface area contributed by atoms with E-state index in [4.69, 9.17) is 9.47 Å². The molecule has 21 heavy (non-hydrogen) atoms. The van der Waals surface area contributed by atoms with Crippen LogP contribution >= 0.6 is 0 Å². The van der Waals surface area contributed by atoms with E-state index in [1.54, 1.807) is 0 Å². The predicted molar refractivity (Wildman–Crippen MR) is 69.9 cm³/mol. The van der Waals surface area contributed by atoms with Crippen molar-refractivity contribution in [3.05, 3.63) is 35.9 Å². The Hall–Kier alpha value is -1.51. The molecule has 1 fully saturated rings. The molecular weight excluding hydrogens is 280 g/mol. The van der Waals surface area contributed by atoms with Gasteiger partial charge in [-0.2, -0.15) is 0 Å². The zero-order chi connectivity index (χ0) is 15.4. The number of ether oxygens (including phenoxy) is 3. The second-order valence-corrected chi connectivity index (χ2v) is 4.72. The Morgan fingerprint density at radius 2 is 1.81 bits per heavy atom. The molecular formula is C14H18O7.